The molecule has 1 atom stereocenters. The molecule has 1 aliphatic heterocycles. The second-order valence-corrected chi connectivity index (χ2v) is 7.41. The van der Waals surface area contributed by atoms with Crippen LogP contribution in [-0.4, -0.2) is 49.6 Å². The van der Waals surface area contributed by atoms with Crippen molar-refractivity contribution in [1.29, 1.82) is 5.26 Å². The summed E-state index contributed by atoms with van der Waals surface area (Å²) in [6.07, 6.45) is -0.729. The minimum Gasteiger partial charge on any atom is -0.481 e. The van der Waals surface area contributed by atoms with Gasteiger partial charge in [0.25, 0.3) is 5.91 Å². The average Bonchev–Trinajstić information content (AvgIpc) is 2.74. The van der Waals surface area contributed by atoms with Gasteiger partial charge in [-0.1, -0.05) is 24.6 Å². The number of carbonyl (C=O) groups is 1. The number of piperazine rings is 1. The number of benzene rings is 2. The van der Waals surface area contributed by atoms with E-state index in [9.17, 15) is 4.79 Å². The minimum atomic E-state index is -0.729. The third kappa shape index (κ3) is 5.41. The van der Waals surface area contributed by atoms with E-state index in [1.165, 1.54) is 0 Å². The number of amides is 1. The van der Waals surface area contributed by atoms with Crippen molar-refractivity contribution in [3.05, 3.63) is 53.1 Å². The number of hydrogen-bond donors (Lipinski definition) is 1. The van der Waals surface area contributed by atoms with E-state index in [0.717, 1.165) is 38.4 Å². The summed E-state index contributed by atoms with van der Waals surface area (Å²) < 4.78 is 5.72. The second-order valence-electron chi connectivity index (χ2n) is 6.97. The van der Waals surface area contributed by atoms with Crippen molar-refractivity contribution in [2.75, 3.05) is 42.9 Å². The molecule has 0 radical (unpaired) electrons. The number of likely N-dealkylation sites (N-methyl/N-ethyl adjacent to an activating group) is 1. The van der Waals surface area contributed by atoms with Gasteiger partial charge in [0.05, 0.1) is 23.0 Å². The molecule has 0 aromatic heterocycles. The summed E-state index contributed by atoms with van der Waals surface area (Å²) in [6, 6.07) is 14.4. The lowest BCUT2D eigenvalue weighted by Crippen LogP contribution is -2.46. The number of halogens is 1. The smallest absolute Gasteiger partial charge is 0.265 e. The van der Waals surface area contributed by atoms with Gasteiger partial charge in [-0.2, -0.15) is 5.26 Å². The zero-order chi connectivity index (χ0) is 20.8. The Balaban J connectivity index is 1.71. The average molecular weight is 413 g/mol. The molecule has 1 heterocycles. The van der Waals surface area contributed by atoms with Crippen molar-refractivity contribution in [3.63, 3.8) is 0 Å². The molecule has 1 unspecified atom stereocenters. The number of nitriles is 1. The molecular weight excluding hydrogens is 388 g/mol. The highest BCUT2D eigenvalue weighted by Crippen LogP contribution is 2.30. The zero-order valence-corrected chi connectivity index (χ0v) is 17.4. The van der Waals surface area contributed by atoms with Gasteiger partial charge in [0.2, 0.25) is 0 Å². The molecule has 0 aliphatic carbocycles. The topological polar surface area (TPSA) is 68.6 Å². The highest BCUT2D eigenvalue weighted by molar-refractivity contribution is 6.31. The van der Waals surface area contributed by atoms with Crippen molar-refractivity contribution in [2.24, 2.45) is 0 Å². The SMILES string of the molecule is CCN1CCN(c2ccc(Cl)cc2NC(=O)C(C)Oc2cccc(C#N)c2)CC1. The highest BCUT2D eigenvalue weighted by atomic mass is 35.5. The second kappa shape index (κ2) is 9.64. The Morgan fingerprint density at radius 2 is 2.00 bits per heavy atom. The van der Waals surface area contributed by atoms with Crippen LogP contribution in [0.1, 0.15) is 19.4 Å². The van der Waals surface area contributed by atoms with Crippen molar-refractivity contribution >= 4 is 28.9 Å². The summed E-state index contributed by atoms with van der Waals surface area (Å²) >= 11 is 6.19. The molecule has 1 aliphatic rings. The summed E-state index contributed by atoms with van der Waals surface area (Å²) in [5, 5.41) is 12.5. The van der Waals surface area contributed by atoms with Gasteiger partial charge in [0.1, 0.15) is 5.75 Å². The van der Waals surface area contributed by atoms with Crippen LogP contribution in [0.25, 0.3) is 0 Å². The van der Waals surface area contributed by atoms with Crippen LogP contribution in [0.5, 0.6) is 5.75 Å². The third-order valence-electron chi connectivity index (χ3n) is 5.02. The van der Waals surface area contributed by atoms with Crippen LogP contribution in [0.15, 0.2) is 42.5 Å². The molecule has 3 rings (SSSR count). The quantitative estimate of drug-likeness (QED) is 0.782. The van der Waals surface area contributed by atoms with Crippen LogP contribution in [0, 0.1) is 11.3 Å². The number of nitrogens with zero attached hydrogens (tertiary/aromatic N) is 3. The molecule has 1 amide bonds. The molecule has 7 heteroatoms. The molecule has 0 spiro atoms. The summed E-state index contributed by atoms with van der Waals surface area (Å²) in [5.41, 5.74) is 2.12. The fourth-order valence-electron chi connectivity index (χ4n) is 3.32. The summed E-state index contributed by atoms with van der Waals surface area (Å²) in [6.45, 7) is 8.65. The Morgan fingerprint density at radius 1 is 1.24 bits per heavy atom. The Bertz CT molecular complexity index is 904. The van der Waals surface area contributed by atoms with Gasteiger partial charge in [-0.05, 0) is 49.9 Å². The van der Waals surface area contributed by atoms with Gasteiger partial charge in [-0.15, -0.1) is 0 Å². The normalized spacial score (nSPS) is 15.4. The highest BCUT2D eigenvalue weighted by Gasteiger charge is 2.21. The Hall–Kier alpha value is -2.75. The van der Waals surface area contributed by atoms with E-state index in [-0.39, 0.29) is 5.91 Å². The van der Waals surface area contributed by atoms with E-state index in [1.807, 2.05) is 12.1 Å². The number of anilines is 2. The predicted molar refractivity (Wildman–Crippen MR) is 116 cm³/mol. The van der Waals surface area contributed by atoms with Gasteiger partial charge in [0, 0.05) is 31.2 Å². The number of ether oxygens (including phenoxy) is 1. The number of hydrogen-bond acceptors (Lipinski definition) is 5. The predicted octanol–water partition coefficient (Wildman–Crippen LogP) is 3.76. The molecule has 2 aromatic rings. The Morgan fingerprint density at radius 3 is 2.69 bits per heavy atom. The van der Waals surface area contributed by atoms with Crippen LogP contribution >= 0.6 is 11.6 Å². The molecule has 1 N–H and O–H groups in total. The number of nitrogens with one attached hydrogen (secondary N) is 1. The fraction of sp³-hybridized carbons (Fsp3) is 0.364. The maximum atomic E-state index is 12.7. The van der Waals surface area contributed by atoms with Crippen LogP contribution in [-0.2, 0) is 4.79 Å². The van der Waals surface area contributed by atoms with Crippen LogP contribution in [0.3, 0.4) is 0 Å². The summed E-state index contributed by atoms with van der Waals surface area (Å²) in [4.78, 5) is 17.4. The number of rotatable bonds is 6. The first kappa shape index (κ1) is 21.0. The lowest BCUT2D eigenvalue weighted by molar-refractivity contribution is -0.122. The maximum absolute atomic E-state index is 12.7. The fourth-order valence-corrected chi connectivity index (χ4v) is 3.49. The van der Waals surface area contributed by atoms with Crippen LogP contribution in [0.4, 0.5) is 11.4 Å². The first-order valence-electron chi connectivity index (χ1n) is 9.74. The summed E-state index contributed by atoms with van der Waals surface area (Å²) in [7, 11) is 0. The maximum Gasteiger partial charge on any atom is 0.265 e. The van der Waals surface area contributed by atoms with Crippen molar-refractivity contribution < 1.29 is 9.53 Å². The third-order valence-corrected chi connectivity index (χ3v) is 5.26. The zero-order valence-electron chi connectivity index (χ0n) is 16.7. The first-order chi connectivity index (χ1) is 14.0. The molecule has 152 valence electrons. The molecule has 29 heavy (non-hydrogen) atoms. The molecular formula is C22H25ClN4O2. The minimum absolute atomic E-state index is 0.275. The van der Waals surface area contributed by atoms with E-state index >= 15 is 0 Å². The Labute approximate surface area is 176 Å². The van der Waals surface area contributed by atoms with Gasteiger partial charge in [0.15, 0.2) is 6.10 Å². The van der Waals surface area contributed by atoms with Crippen molar-refractivity contribution in [3.8, 4) is 11.8 Å². The van der Waals surface area contributed by atoms with Gasteiger partial charge in [-0.25, -0.2) is 0 Å². The van der Waals surface area contributed by atoms with E-state index in [4.69, 9.17) is 21.6 Å². The molecule has 0 bridgehead atoms. The van der Waals surface area contributed by atoms with Crippen molar-refractivity contribution in [2.45, 2.75) is 20.0 Å². The van der Waals surface area contributed by atoms with Gasteiger partial charge >= 0.3 is 0 Å². The molecule has 6 nitrogen and oxygen atoms in total. The first-order valence-corrected chi connectivity index (χ1v) is 10.1. The largest absolute Gasteiger partial charge is 0.481 e. The number of carbonyl (C=O) groups excluding carboxylic acids is 1. The van der Waals surface area contributed by atoms with Crippen LogP contribution in [0.2, 0.25) is 5.02 Å². The standard InChI is InChI=1S/C22H25ClN4O2/c1-3-26-9-11-27(12-10-26)21-8-7-18(23)14-20(21)25-22(28)16(2)29-19-6-4-5-17(13-19)15-24/h4-8,13-14,16H,3,9-12H2,1-2H3,(H,25,28). The Kier molecular flexibility index (Phi) is 6.97. The monoisotopic (exact) mass is 412 g/mol. The van der Waals surface area contributed by atoms with E-state index in [1.54, 1.807) is 37.3 Å². The summed E-state index contributed by atoms with van der Waals surface area (Å²) in [5.74, 6) is 0.205. The lowest BCUT2D eigenvalue weighted by Gasteiger charge is -2.36. The lowest BCUT2D eigenvalue weighted by atomic mass is 10.2. The van der Waals surface area contributed by atoms with Gasteiger partial charge < -0.3 is 19.9 Å². The van der Waals surface area contributed by atoms with Gasteiger partial charge in [-0.3, -0.25) is 4.79 Å². The molecule has 2 aromatic carbocycles. The van der Waals surface area contributed by atoms with E-state index in [0.29, 0.717) is 22.0 Å². The van der Waals surface area contributed by atoms with Crippen molar-refractivity contribution in [1.82, 2.24) is 4.90 Å². The molecule has 0 saturated carbocycles. The molecule has 1 fully saturated rings. The van der Waals surface area contributed by atoms with E-state index < -0.39 is 6.10 Å². The molecule has 1 saturated heterocycles. The van der Waals surface area contributed by atoms with Crippen LogP contribution < -0.4 is 15.0 Å². The van der Waals surface area contributed by atoms with E-state index in [2.05, 4.69) is 28.1 Å².